The fraction of sp³-hybridized carbons (Fsp3) is 0.409. The number of carbonyl (C=O) groups is 1. The van der Waals surface area contributed by atoms with E-state index in [1.165, 1.54) is 16.5 Å². The highest BCUT2D eigenvalue weighted by atomic mass is 32.1. The van der Waals surface area contributed by atoms with Crippen molar-refractivity contribution in [2.24, 2.45) is 5.92 Å². The molecule has 30 heavy (non-hydrogen) atoms. The first-order valence-corrected chi connectivity index (χ1v) is 11.0. The van der Waals surface area contributed by atoms with Gasteiger partial charge in [-0.2, -0.15) is 0 Å². The molecule has 6 nitrogen and oxygen atoms in total. The average Bonchev–Trinajstić information content (AvgIpc) is 3.04. The van der Waals surface area contributed by atoms with E-state index in [1.807, 2.05) is 0 Å². The van der Waals surface area contributed by atoms with Crippen LogP contribution in [0.15, 0.2) is 24.5 Å². The van der Waals surface area contributed by atoms with Crippen LogP contribution in [0, 0.1) is 25.6 Å². The van der Waals surface area contributed by atoms with Crippen LogP contribution in [-0.4, -0.2) is 35.6 Å². The molecule has 8 heteroatoms. The Hall–Kier alpha value is -2.74. The Morgan fingerprint density at radius 2 is 2.07 bits per heavy atom. The van der Waals surface area contributed by atoms with E-state index in [-0.39, 0.29) is 17.6 Å². The largest absolute Gasteiger partial charge is 0.491 e. The summed E-state index contributed by atoms with van der Waals surface area (Å²) in [6, 6.07) is 4.51. The van der Waals surface area contributed by atoms with Crippen LogP contribution in [0.2, 0.25) is 0 Å². The van der Waals surface area contributed by atoms with Gasteiger partial charge >= 0.3 is 0 Å². The van der Waals surface area contributed by atoms with E-state index in [4.69, 9.17) is 4.74 Å². The zero-order chi connectivity index (χ0) is 21.3. The highest BCUT2D eigenvalue weighted by Gasteiger charge is 2.27. The summed E-state index contributed by atoms with van der Waals surface area (Å²) in [6.07, 6.45) is 3.06. The molecule has 1 aliphatic heterocycles. The van der Waals surface area contributed by atoms with Crippen LogP contribution in [0.3, 0.4) is 0 Å². The Morgan fingerprint density at radius 3 is 2.77 bits per heavy atom. The second kappa shape index (κ2) is 8.55. The number of nitrogens with zero attached hydrogens (tertiary/aromatic N) is 3. The van der Waals surface area contributed by atoms with Gasteiger partial charge in [0.25, 0.3) is 0 Å². The van der Waals surface area contributed by atoms with E-state index < -0.39 is 5.82 Å². The Morgan fingerprint density at radius 1 is 1.30 bits per heavy atom. The van der Waals surface area contributed by atoms with Crippen molar-refractivity contribution < 1.29 is 13.9 Å². The Kier molecular flexibility index (Phi) is 5.85. The van der Waals surface area contributed by atoms with Gasteiger partial charge in [-0.25, -0.2) is 14.4 Å². The van der Waals surface area contributed by atoms with Crippen LogP contribution in [0.4, 0.5) is 15.9 Å². The summed E-state index contributed by atoms with van der Waals surface area (Å²) in [4.78, 5) is 26.1. The van der Waals surface area contributed by atoms with E-state index in [1.54, 1.807) is 36.7 Å². The molecule has 1 amide bonds. The van der Waals surface area contributed by atoms with Crippen molar-refractivity contribution >= 4 is 39.0 Å². The summed E-state index contributed by atoms with van der Waals surface area (Å²) in [7, 11) is 0. The zero-order valence-corrected chi connectivity index (χ0v) is 18.2. The van der Waals surface area contributed by atoms with Gasteiger partial charge < -0.3 is 15.0 Å². The molecule has 2 aromatic heterocycles. The number of anilines is 2. The van der Waals surface area contributed by atoms with E-state index in [9.17, 15) is 9.18 Å². The number of aryl methyl sites for hydroxylation is 2. The van der Waals surface area contributed by atoms with Crippen LogP contribution in [0.1, 0.15) is 30.2 Å². The van der Waals surface area contributed by atoms with Crippen molar-refractivity contribution in [2.75, 3.05) is 29.9 Å². The normalized spacial score (nSPS) is 14.9. The van der Waals surface area contributed by atoms with Crippen LogP contribution >= 0.6 is 11.3 Å². The quantitative estimate of drug-likeness (QED) is 0.638. The third-order valence-electron chi connectivity index (χ3n) is 5.61. The van der Waals surface area contributed by atoms with Crippen LogP contribution in [-0.2, 0) is 4.79 Å². The topological polar surface area (TPSA) is 67.3 Å². The van der Waals surface area contributed by atoms with E-state index in [0.29, 0.717) is 12.3 Å². The molecular formula is C22H25FN4O2S. The maximum absolute atomic E-state index is 14.0. The second-order valence-electron chi connectivity index (χ2n) is 7.49. The summed E-state index contributed by atoms with van der Waals surface area (Å²) < 4.78 is 19.2. The maximum atomic E-state index is 14.0. The summed E-state index contributed by atoms with van der Waals surface area (Å²) in [5, 5.41) is 3.96. The van der Waals surface area contributed by atoms with Crippen molar-refractivity contribution in [1.29, 1.82) is 0 Å². The summed E-state index contributed by atoms with van der Waals surface area (Å²) in [6.45, 7) is 7.90. The van der Waals surface area contributed by atoms with Crippen LogP contribution in [0.25, 0.3) is 10.2 Å². The standard InChI is InChI=1S/C22H25FN4O2S/c1-4-29-18-6-5-16(11-17(18)23)26-21(28)15-7-9-27(10-8-15)20-19-13(2)14(3)30-22(19)25-12-24-20/h5-6,11-12,15H,4,7-10H2,1-3H3,(H,26,28). The fourth-order valence-corrected chi connectivity index (χ4v) is 4.84. The highest BCUT2D eigenvalue weighted by Crippen LogP contribution is 2.35. The average molecular weight is 429 g/mol. The third kappa shape index (κ3) is 3.96. The van der Waals surface area contributed by atoms with Crippen molar-refractivity contribution in [2.45, 2.75) is 33.6 Å². The molecule has 0 saturated carbocycles. The first-order valence-electron chi connectivity index (χ1n) is 10.2. The number of thiophene rings is 1. The number of rotatable bonds is 5. The molecule has 0 aliphatic carbocycles. The molecule has 0 unspecified atom stereocenters. The number of nitrogens with one attached hydrogen (secondary N) is 1. The SMILES string of the molecule is CCOc1ccc(NC(=O)C2CCN(c3ncnc4sc(C)c(C)c34)CC2)cc1F. The lowest BCUT2D eigenvalue weighted by Gasteiger charge is -2.32. The van der Waals surface area contributed by atoms with E-state index in [0.717, 1.165) is 42.0 Å². The van der Waals surface area contributed by atoms with E-state index in [2.05, 4.69) is 34.0 Å². The highest BCUT2D eigenvalue weighted by molar-refractivity contribution is 7.18. The van der Waals surface area contributed by atoms with Gasteiger partial charge in [-0.3, -0.25) is 4.79 Å². The first-order chi connectivity index (χ1) is 14.5. The predicted octanol–water partition coefficient (Wildman–Crippen LogP) is 4.70. The van der Waals surface area contributed by atoms with Gasteiger partial charge in [0.2, 0.25) is 5.91 Å². The number of piperidine rings is 1. The van der Waals surface area contributed by atoms with Gasteiger partial charge in [-0.05, 0) is 51.3 Å². The number of hydrogen-bond acceptors (Lipinski definition) is 6. The minimum absolute atomic E-state index is 0.0754. The molecule has 0 atom stereocenters. The number of hydrogen-bond donors (Lipinski definition) is 1. The molecule has 0 radical (unpaired) electrons. The fourth-order valence-electron chi connectivity index (χ4n) is 3.85. The van der Waals surface area contributed by atoms with Crippen LogP contribution < -0.4 is 15.0 Å². The summed E-state index contributed by atoms with van der Waals surface area (Å²) in [5.41, 5.74) is 1.67. The first kappa shape index (κ1) is 20.5. The number of carbonyl (C=O) groups excluding carboxylic acids is 1. The molecule has 1 aromatic carbocycles. The molecule has 3 heterocycles. The Labute approximate surface area is 179 Å². The summed E-state index contributed by atoms with van der Waals surface area (Å²) in [5.74, 6) is 0.485. The van der Waals surface area contributed by atoms with Gasteiger partial charge in [0.05, 0.1) is 12.0 Å². The maximum Gasteiger partial charge on any atom is 0.227 e. The molecule has 0 bridgehead atoms. The van der Waals surface area contributed by atoms with E-state index >= 15 is 0 Å². The number of amides is 1. The van der Waals surface area contributed by atoms with Crippen molar-refractivity contribution in [1.82, 2.24) is 9.97 Å². The summed E-state index contributed by atoms with van der Waals surface area (Å²) >= 11 is 1.69. The zero-order valence-electron chi connectivity index (χ0n) is 17.4. The lowest BCUT2D eigenvalue weighted by molar-refractivity contribution is -0.120. The molecule has 3 aromatic rings. The molecule has 4 rings (SSSR count). The minimum atomic E-state index is -0.473. The Bertz CT molecular complexity index is 1080. The number of ether oxygens (including phenoxy) is 1. The molecule has 158 valence electrons. The monoisotopic (exact) mass is 428 g/mol. The lowest BCUT2D eigenvalue weighted by atomic mass is 9.95. The van der Waals surface area contributed by atoms with Gasteiger partial charge in [-0.1, -0.05) is 0 Å². The number of benzene rings is 1. The Balaban J connectivity index is 1.41. The van der Waals surface area contributed by atoms with Gasteiger partial charge in [0.1, 0.15) is 17.0 Å². The van der Waals surface area contributed by atoms with Crippen molar-refractivity contribution in [3.05, 3.63) is 40.8 Å². The lowest BCUT2D eigenvalue weighted by Crippen LogP contribution is -2.38. The third-order valence-corrected chi connectivity index (χ3v) is 6.73. The molecule has 0 spiro atoms. The molecule has 1 aliphatic rings. The number of aromatic nitrogens is 2. The van der Waals surface area contributed by atoms with Crippen molar-refractivity contribution in [3.63, 3.8) is 0 Å². The molecule has 1 N–H and O–H groups in total. The number of halogens is 1. The smallest absolute Gasteiger partial charge is 0.227 e. The van der Waals surface area contributed by atoms with Gasteiger partial charge in [0, 0.05) is 35.6 Å². The minimum Gasteiger partial charge on any atom is -0.491 e. The number of fused-ring (bicyclic) bond motifs is 1. The van der Waals surface area contributed by atoms with Gasteiger partial charge in [0.15, 0.2) is 11.6 Å². The van der Waals surface area contributed by atoms with Crippen LogP contribution in [0.5, 0.6) is 5.75 Å². The van der Waals surface area contributed by atoms with Crippen molar-refractivity contribution in [3.8, 4) is 5.75 Å². The molecule has 1 saturated heterocycles. The molecule has 1 fully saturated rings. The van der Waals surface area contributed by atoms with Gasteiger partial charge in [-0.15, -0.1) is 11.3 Å². The second-order valence-corrected chi connectivity index (χ2v) is 8.69. The predicted molar refractivity (Wildman–Crippen MR) is 118 cm³/mol. The molecular weight excluding hydrogens is 403 g/mol.